The molecule has 2 rings (SSSR count). The van der Waals surface area contributed by atoms with Crippen molar-refractivity contribution in [3.63, 3.8) is 0 Å². The van der Waals surface area contributed by atoms with Crippen molar-refractivity contribution >= 4 is 38.9 Å². The van der Waals surface area contributed by atoms with Crippen molar-refractivity contribution in [3.05, 3.63) is 61.2 Å². The van der Waals surface area contributed by atoms with Gasteiger partial charge in [-0.15, -0.1) is 11.8 Å². The van der Waals surface area contributed by atoms with Crippen LogP contribution in [0.3, 0.4) is 0 Å². The first-order valence-corrected chi connectivity index (χ1v) is 12.5. The minimum Gasteiger partial charge on any atom is -0.463 e. The highest BCUT2D eigenvalue weighted by atomic mass is 32.2. The monoisotopic (exact) mass is 446 g/mol. The first kappa shape index (κ1) is 23.8. The molecule has 8 heteroatoms. The minimum absolute atomic E-state index is 0.0854. The van der Waals surface area contributed by atoms with Crippen molar-refractivity contribution in [2.75, 3.05) is 18.6 Å². The standard InChI is InChI=1S/C22H26N2O4S2/c1-3-22(25)28-16-6-4-5-7-17-30(26,27)21-14-10-19(11-15-21)24-23-18-8-12-20(29-2)13-9-18/h3,8-15H,1,4-7,16-17H2,2H3/b24-23+. The van der Waals surface area contributed by atoms with E-state index >= 15 is 0 Å². The predicted octanol–water partition coefficient (Wildman–Crippen LogP) is 5.89. The van der Waals surface area contributed by atoms with E-state index in [1.54, 1.807) is 36.0 Å². The fraction of sp³-hybridized carbons (Fsp3) is 0.318. The quantitative estimate of drug-likeness (QED) is 0.133. The number of benzene rings is 2. The third-order valence-corrected chi connectivity index (χ3v) is 6.83. The highest BCUT2D eigenvalue weighted by Crippen LogP contribution is 2.23. The molecule has 0 aliphatic rings. The van der Waals surface area contributed by atoms with Crippen LogP contribution >= 0.6 is 11.8 Å². The zero-order valence-corrected chi connectivity index (χ0v) is 18.6. The van der Waals surface area contributed by atoms with Crippen LogP contribution in [0.15, 0.2) is 81.2 Å². The van der Waals surface area contributed by atoms with Crippen LogP contribution in [-0.2, 0) is 19.4 Å². The lowest BCUT2D eigenvalue weighted by atomic mass is 10.2. The van der Waals surface area contributed by atoms with Gasteiger partial charge < -0.3 is 4.74 Å². The Morgan fingerprint density at radius 1 is 0.967 bits per heavy atom. The van der Waals surface area contributed by atoms with Crippen molar-refractivity contribution in [1.29, 1.82) is 0 Å². The molecular weight excluding hydrogens is 420 g/mol. The van der Waals surface area contributed by atoms with Crippen LogP contribution in [0.25, 0.3) is 0 Å². The molecule has 0 aliphatic heterocycles. The predicted molar refractivity (Wildman–Crippen MR) is 121 cm³/mol. The number of rotatable bonds is 12. The van der Waals surface area contributed by atoms with Gasteiger partial charge in [-0.25, -0.2) is 13.2 Å². The summed E-state index contributed by atoms with van der Waals surface area (Å²) < 4.78 is 29.8. The van der Waals surface area contributed by atoms with Crippen molar-refractivity contribution in [2.45, 2.75) is 35.5 Å². The van der Waals surface area contributed by atoms with Gasteiger partial charge in [0.05, 0.1) is 28.6 Å². The van der Waals surface area contributed by atoms with Crippen LogP contribution in [0.2, 0.25) is 0 Å². The Kier molecular flexibility index (Phi) is 9.76. The van der Waals surface area contributed by atoms with E-state index in [-0.39, 0.29) is 10.6 Å². The van der Waals surface area contributed by atoms with Gasteiger partial charge in [0.1, 0.15) is 0 Å². The molecule has 0 fully saturated rings. The van der Waals surface area contributed by atoms with Crippen LogP contribution in [0.1, 0.15) is 25.7 Å². The molecule has 0 heterocycles. The van der Waals surface area contributed by atoms with E-state index in [1.165, 1.54) is 0 Å². The van der Waals surface area contributed by atoms with Crippen LogP contribution in [0.4, 0.5) is 11.4 Å². The van der Waals surface area contributed by atoms with Gasteiger partial charge in [-0.2, -0.15) is 10.2 Å². The molecule has 0 radical (unpaired) electrons. The first-order chi connectivity index (χ1) is 14.4. The molecule has 2 aromatic rings. The summed E-state index contributed by atoms with van der Waals surface area (Å²) in [5.74, 6) is -0.351. The van der Waals surface area contributed by atoms with E-state index in [1.807, 2.05) is 30.5 Å². The molecule has 2 aromatic carbocycles. The number of esters is 1. The number of azo groups is 1. The molecule has 160 valence electrons. The summed E-state index contributed by atoms with van der Waals surface area (Å²) in [5, 5.41) is 8.33. The highest BCUT2D eigenvalue weighted by molar-refractivity contribution is 7.98. The van der Waals surface area contributed by atoms with Crippen LogP contribution in [-0.4, -0.2) is 33.0 Å². The Hall–Kier alpha value is -2.45. The second-order valence-corrected chi connectivity index (χ2v) is 9.49. The molecule has 0 saturated heterocycles. The maximum absolute atomic E-state index is 12.5. The second-order valence-electron chi connectivity index (χ2n) is 6.50. The summed E-state index contributed by atoms with van der Waals surface area (Å²) in [4.78, 5) is 12.4. The van der Waals surface area contributed by atoms with Gasteiger partial charge in [0.25, 0.3) is 0 Å². The lowest BCUT2D eigenvalue weighted by molar-refractivity contribution is -0.137. The number of carbonyl (C=O) groups is 1. The number of sulfone groups is 1. The van der Waals surface area contributed by atoms with E-state index in [0.29, 0.717) is 25.1 Å². The van der Waals surface area contributed by atoms with Gasteiger partial charge in [0.15, 0.2) is 9.84 Å². The summed E-state index contributed by atoms with van der Waals surface area (Å²) in [6.45, 7) is 3.66. The molecule has 0 N–H and O–H groups in total. The molecule has 6 nitrogen and oxygen atoms in total. The maximum Gasteiger partial charge on any atom is 0.330 e. The van der Waals surface area contributed by atoms with E-state index in [0.717, 1.165) is 29.5 Å². The van der Waals surface area contributed by atoms with Gasteiger partial charge in [-0.05, 0) is 67.6 Å². The van der Waals surface area contributed by atoms with Gasteiger partial charge in [-0.3, -0.25) is 0 Å². The third kappa shape index (κ3) is 8.12. The number of hydrogen-bond acceptors (Lipinski definition) is 7. The average molecular weight is 447 g/mol. The first-order valence-electron chi connectivity index (χ1n) is 9.62. The number of thioether (sulfide) groups is 1. The van der Waals surface area contributed by atoms with Crippen LogP contribution < -0.4 is 0 Å². The van der Waals surface area contributed by atoms with E-state index in [4.69, 9.17) is 4.74 Å². The van der Waals surface area contributed by atoms with Gasteiger partial charge in [-0.1, -0.05) is 19.4 Å². The molecule has 0 atom stereocenters. The molecule has 0 amide bonds. The maximum atomic E-state index is 12.5. The zero-order valence-electron chi connectivity index (χ0n) is 17.0. The Morgan fingerprint density at radius 3 is 2.10 bits per heavy atom. The fourth-order valence-corrected chi connectivity index (χ4v) is 4.36. The van der Waals surface area contributed by atoms with Gasteiger partial charge in [0, 0.05) is 11.0 Å². The average Bonchev–Trinajstić information content (AvgIpc) is 2.77. The van der Waals surface area contributed by atoms with Crippen molar-refractivity contribution in [3.8, 4) is 0 Å². The summed E-state index contributed by atoms with van der Waals surface area (Å²) >= 11 is 1.66. The van der Waals surface area contributed by atoms with E-state index in [2.05, 4.69) is 16.8 Å². The van der Waals surface area contributed by atoms with Crippen molar-refractivity contribution in [1.82, 2.24) is 0 Å². The molecule has 30 heavy (non-hydrogen) atoms. The van der Waals surface area contributed by atoms with Crippen molar-refractivity contribution in [2.24, 2.45) is 10.2 Å². The minimum atomic E-state index is -3.34. The summed E-state index contributed by atoms with van der Waals surface area (Å²) in [6.07, 6.45) is 5.96. The topological polar surface area (TPSA) is 85.2 Å². The van der Waals surface area contributed by atoms with E-state index in [9.17, 15) is 13.2 Å². The summed E-state index contributed by atoms with van der Waals surface area (Å²) in [5.41, 5.74) is 1.33. The van der Waals surface area contributed by atoms with Crippen LogP contribution in [0.5, 0.6) is 0 Å². The molecular formula is C22H26N2O4S2. The van der Waals surface area contributed by atoms with Crippen LogP contribution in [0, 0.1) is 0 Å². The molecule has 0 aliphatic carbocycles. The largest absolute Gasteiger partial charge is 0.463 e. The molecule has 0 aromatic heterocycles. The Labute approximate surface area is 182 Å². The molecule has 0 saturated carbocycles. The molecule has 0 spiro atoms. The smallest absolute Gasteiger partial charge is 0.330 e. The second kappa shape index (κ2) is 12.3. The number of ether oxygens (including phenoxy) is 1. The fourth-order valence-electron chi connectivity index (χ4n) is 2.58. The third-order valence-electron chi connectivity index (χ3n) is 4.27. The number of unbranched alkanes of at least 4 members (excludes halogenated alkanes) is 3. The summed E-state index contributed by atoms with van der Waals surface area (Å²) in [7, 11) is -3.34. The van der Waals surface area contributed by atoms with E-state index < -0.39 is 15.8 Å². The Morgan fingerprint density at radius 2 is 1.53 bits per heavy atom. The molecule has 0 unspecified atom stereocenters. The number of hydrogen-bond donors (Lipinski definition) is 0. The lowest BCUT2D eigenvalue weighted by Gasteiger charge is -2.05. The number of carbonyl (C=O) groups excluding carboxylic acids is 1. The van der Waals surface area contributed by atoms with Gasteiger partial charge >= 0.3 is 5.97 Å². The normalized spacial score (nSPS) is 11.5. The Balaban J connectivity index is 1.80. The highest BCUT2D eigenvalue weighted by Gasteiger charge is 2.13. The SMILES string of the molecule is C=CC(=O)OCCCCCCS(=O)(=O)c1ccc(/N=N/c2ccc(SC)cc2)cc1. The summed E-state index contributed by atoms with van der Waals surface area (Å²) in [6, 6.07) is 14.2. The van der Waals surface area contributed by atoms with Gasteiger partial charge in [0.2, 0.25) is 0 Å². The zero-order chi connectivity index (χ0) is 21.8. The van der Waals surface area contributed by atoms with Crippen molar-refractivity contribution < 1.29 is 17.9 Å². The lowest BCUT2D eigenvalue weighted by Crippen LogP contribution is -2.07. The molecule has 0 bridgehead atoms. The number of nitrogens with zero attached hydrogens (tertiary/aromatic N) is 2. The Bertz CT molecular complexity index is 954.